The second kappa shape index (κ2) is 13.7. The Labute approximate surface area is 260 Å². The molecule has 0 radical (unpaired) electrons. The highest BCUT2D eigenvalue weighted by atomic mass is 19.4. The van der Waals surface area contributed by atoms with Gasteiger partial charge in [0.15, 0.2) is 0 Å². The molecule has 1 N–H and O–H groups in total. The van der Waals surface area contributed by atoms with Crippen molar-refractivity contribution in [1.29, 1.82) is 0 Å². The first-order valence-electron chi connectivity index (χ1n) is 14.0. The minimum Gasteiger partial charge on any atom is -0.375 e. The number of halogens is 7. The number of hydrogen-bond acceptors (Lipinski definition) is 3. The maximum absolute atomic E-state index is 14.7. The molecule has 5 nitrogen and oxygen atoms in total. The summed E-state index contributed by atoms with van der Waals surface area (Å²) in [5, 5.41) is 2.50. The van der Waals surface area contributed by atoms with Crippen LogP contribution in [0.25, 0.3) is 0 Å². The number of rotatable bonds is 10. The van der Waals surface area contributed by atoms with Crippen LogP contribution in [0.2, 0.25) is 0 Å². The molecule has 12 heteroatoms. The standard InChI is InChI=1S/C34H29F7N2O3/c1-22-18-27(32(35,33(36,37)38)34(39,40)41)19-23(2)29(22)42-30(44)26-14-9-15-28(20-26)43(31(45)25-12-7-4-8-13-25)16-17-46-21-24-10-5-3-6-11-24/h3-15,18-20H,16-17,21H2,1-2H3,(H,42,44). The fourth-order valence-electron chi connectivity index (χ4n) is 4.85. The molecule has 242 valence electrons. The highest BCUT2D eigenvalue weighted by Gasteiger charge is 2.73. The molecule has 0 saturated heterocycles. The average Bonchev–Trinajstić information content (AvgIpc) is 3.01. The lowest BCUT2D eigenvalue weighted by atomic mass is 9.90. The van der Waals surface area contributed by atoms with Crippen LogP contribution in [0.5, 0.6) is 0 Å². The van der Waals surface area contributed by atoms with Crippen LogP contribution in [0.15, 0.2) is 97.1 Å². The summed E-state index contributed by atoms with van der Waals surface area (Å²) in [6.07, 6.45) is -12.5. The van der Waals surface area contributed by atoms with Crippen molar-refractivity contribution in [3.63, 3.8) is 0 Å². The number of hydrogen-bond donors (Lipinski definition) is 1. The fraction of sp³-hybridized carbons (Fsp3) is 0.235. The topological polar surface area (TPSA) is 58.6 Å². The Bertz CT molecular complexity index is 1640. The molecule has 0 bridgehead atoms. The Morgan fingerprint density at radius 2 is 1.26 bits per heavy atom. The van der Waals surface area contributed by atoms with Crippen LogP contribution < -0.4 is 10.2 Å². The number of carbonyl (C=O) groups excluding carboxylic acids is 2. The third-order valence-electron chi connectivity index (χ3n) is 7.21. The second-order valence-electron chi connectivity index (χ2n) is 10.5. The van der Waals surface area contributed by atoms with Crippen molar-refractivity contribution in [3.05, 3.63) is 130 Å². The molecule has 4 aromatic carbocycles. The zero-order valence-electron chi connectivity index (χ0n) is 24.7. The lowest BCUT2D eigenvalue weighted by Gasteiger charge is -2.31. The number of amides is 2. The van der Waals surface area contributed by atoms with Crippen LogP contribution in [-0.2, 0) is 17.0 Å². The first-order chi connectivity index (χ1) is 21.6. The first kappa shape index (κ1) is 34.2. The monoisotopic (exact) mass is 646 g/mol. The number of benzene rings is 4. The van der Waals surface area contributed by atoms with Gasteiger partial charge in [-0.1, -0.05) is 66.7 Å². The quantitative estimate of drug-likeness (QED) is 0.139. The van der Waals surface area contributed by atoms with Crippen molar-refractivity contribution in [2.75, 3.05) is 23.4 Å². The van der Waals surface area contributed by atoms with Gasteiger partial charge >= 0.3 is 18.0 Å². The smallest absolute Gasteiger partial charge is 0.375 e. The Kier molecular flexibility index (Phi) is 10.2. The lowest BCUT2D eigenvalue weighted by Crippen LogP contribution is -2.50. The minimum atomic E-state index is -6.27. The molecule has 0 heterocycles. The Balaban J connectivity index is 1.59. The number of carbonyl (C=O) groups is 2. The van der Waals surface area contributed by atoms with E-state index in [1.165, 1.54) is 23.1 Å². The van der Waals surface area contributed by atoms with E-state index in [2.05, 4.69) is 5.32 Å². The van der Waals surface area contributed by atoms with Crippen LogP contribution in [0.1, 0.15) is 43.0 Å². The maximum atomic E-state index is 14.7. The minimum absolute atomic E-state index is 0.0434. The van der Waals surface area contributed by atoms with Crippen molar-refractivity contribution >= 4 is 23.2 Å². The van der Waals surface area contributed by atoms with E-state index in [0.717, 1.165) is 19.4 Å². The Morgan fingerprint density at radius 3 is 1.83 bits per heavy atom. The van der Waals surface area contributed by atoms with Crippen molar-refractivity contribution < 1.29 is 45.1 Å². The van der Waals surface area contributed by atoms with Gasteiger partial charge in [-0.3, -0.25) is 9.59 Å². The summed E-state index contributed by atoms with van der Waals surface area (Å²) in [4.78, 5) is 28.2. The van der Waals surface area contributed by atoms with Crippen LogP contribution in [0, 0.1) is 13.8 Å². The van der Waals surface area contributed by atoms with Crippen molar-refractivity contribution in [1.82, 2.24) is 0 Å². The van der Waals surface area contributed by atoms with E-state index in [0.29, 0.717) is 30.0 Å². The van der Waals surface area contributed by atoms with Gasteiger partial charge in [-0.25, -0.2) is 4.39 Å². The number of aryl methyl sites for hydroxylation is 2. The molecule has 0 aliphatic rings. The summed E-state index contributed by atoms with van der Waals surface area (Å²) in [7, 11) is 0. The first-order valence-corrected chi connectivity index (χ1v) is 14.0. The molecule has 46 heavy (non-hydrogen) atoms. The van der Waals surface area contributed by atoms with E-state index in [1.807, 2.05) is 30.3 Å². The van der Waals surface area contributed by atoms with Crippen molar-refractivity contribution in [3.8, 4) is 0 Å². The normalized spacial score (nSPS) is 12.1. The highest BCUT2D eigenvalue weighted by Crippen LogP contribution is 2.53. The van der Waals surface area contributed by atoms with Gasteiger partial charge in [0.05, 0.1) is 13.2 Å². The third-order valence-corrected chi connectivity index (χ3v) is 7.21. The van der Waals surface area contributed by atoms with Crippen molar-refractivity contribution in [2.45, 2.75) is 38.5 Å². The van der Waals surface area contributed by atoms with Crippen LogP contribution in [-0.4, -0.2) is 37.3 Å². The number of anilines is 2. The number of nitrogens with zero attached hydrogens (tertiary/aromatic N) is 1. The fourth-order valence-corrected chi connectivity index (χ4v) is 4.85. The average molecular weight is 647 g/mol. The second-order valence-corrected chi connectivity index (χ2v) is 10.5. The molecule has 0 saturated carbocycles. The number of nitrogens with one attached hydrogen (secondary N) is 1. The molecule has 0 atom stereocenters. The molecule has 0 fully saturated rings. The molecule has 0 aliphatic carbocycles. The van der Waals surface area contributed by atoms with Crippen molar-refractivity contribution in [2.24, 2.45) is 0 Å². The lowest BCUT2D eigenvalue weighted by molar-refractivity contribution is -0.348. The molecule has 4 aromatic rings. The largest absolute Gasteiger partial charge is 0.435 e. The molecular formula is C34H29F7N2O3. The predicted octanol–water partition coefficient (Wildman–Crippen LogP) is 8.71. The Hall–Kier alpha value is -4.71. The molecular weight excluding hydrogens is 617 g/mol. The van der Waals surface area contributed by atoms with Gasteiger partial charge in [-0.15, -0.1) is 0 Å². The molecule has 0 aromatic heterocycles. The third kappa shape index (κ3) is 7.39. The predicted molar refractivity (Wildman–Crippen MR) is 159 cm³/mol. The maximum Gasteiger partial charge on any atom is 0.435 e. The van der Waals surface area contributed by atoms with E-state index < -0.39 is 29.5 Å². The van der Waals surface area contributed by atoms with E-state index >= 15 is 0 Å². The zero-order valence-corrected chi connectivity index (χ0v) is 24.7. The summed E-state index contributed by atoms with van der Waals surface area (Å²) < 4.78 is 100. The van der Waals surface area contributed by atoms with Gasteiger partial charge in [0.25, 0.3) is 11.8 Å². The van der Waals surface area contributed by atoms with Gasteiger partial charge in [0.1, 0.15) is 0 Å². The summed E-state index contributed by atoms with van der Waals surface area (Å²) >= 11 is 0. The van der Waals surface area contributed by atoms with Gasteiger partial charge in [0.2, 0.25) is 0 Å². The summed E-state index contributed by atoms with van der Waals surface area (Å²) in [6, 6.07) is 24.6. The molecule has 0 unspecified atom stereocenters. The number of ether oxygens (including phenoxy) is 1. The van der Waals surface area contributed by atoms with Crippen LogP contribution >= 0.6 is 0 Å². The van der Waals surface area contributed by atoms with Gasteiger partial charge < -0.3 is 15.0 Å². The molecule has 4 rings (SSSR count). The number of alkyl halides is 7. The van der Waals surface area contributed by atoms with Crippen LogP contribution in [0.4, 0.5) is 42.1 Å². The van der Waals surface area contributed by atoms with Crippen LogP contribution in [0.3, 0.4) is 0 Å². The summed E-state index contributed by atoms with van der Waals surface area (Å²) in [5.74, 6) is -1.13. The zero-order chi connectivity index (χ0) is 33.7. The Morgan fingerprint density at radius 1 is 0.717 bits per heavy atom. The SMILES string of the molecule is Cc1cc(C(F)(C(F)(F)F)C(F)(F)F)cc(C)c1NC(=O)c1cccc(N(CCOCc2ccccc2)C(=O)c2ccccc2)c1. The summed E-state index contributed by atoms with van der Waals surface area (Å²) in [6.45, 7) is 2.90. The van der Waals surface area contributed by atoms with Gasteiger partial charge in [-0.05, 0) is 60.9 Å². The molecule has 2 amide bonds. The molecule has 0 spiro atoms. The summed E-state index contributed by atoms with van der Waals surface area (Å²) in [5.41, 5.74) is -6.06. The highest BCUT2D eigenvalue weighted by molar-refractivity contribution is 6.08. The molecule has 0 aliphatic heterocycles. The van der Waals surface area contributed by atoms with Gasteiger partial charge in [-0.2, -0.15) is 26.3 Å². The van der Waals surface area contributed by atoms with E-state index in [-0.39, 0.29) is 41.4 Å². The van der Waals surface area contributed by atoms with E-state index in [9.17, 15) is 40.3 Å². The van der Waals surface area contributed by atoms with Gasteiger partial charge in [0, 0.05) is 34.6 Å². The van der Waals surface area contributed by atoms with E-state index in [1.54, 1.807) is 36.4 Å². The van der Waals surface area contributed by atoms with E-state index in [4.69, 9.17) is 4.74 Å².